The number of amides is 2. The van der Waals surface area contributed by atoms with Crippen molar-refractivity contribution < 1.29 is 24.3 Å². The zero-order valence-corrected chi connectivity index (χ0v) is 14.2. The molecule has 1 N–H and O–H groups in total. The number of hydroxylamine groups is 2. The summed E-state index contributed by atoms with van der Waals surface area (Å²) in [6.45, 7) is 1.33. The van der Waals surface area contributed by atoms with Crippen LogP contribution in [0.5, 0.6) is 0 Å². The van der Waals surface area contributed by atoms with Crippen molar-refractivity contribution in [3.8, 4) is 0 Å². The Morgan fingerprint density at radius 1 is 1.04 bits per heavy atom. The van der Waals surface area contributed by atoms with Crippen LogP contribution in [0.2, 0.25) is 0 Å². The molecule has 0 aromatic heterocycles. The molecule has 0 saturated carbocycles. The standard InChI is InChI=1S/C18H15NO5S/c1-18(17(22)23,25-11-12-7-3-2-4-8-12)24-19-15(20)13-9-5-6-10-14(13)16(19)21/h2-10H,11H2,1H3,(H,22,23). The molecule has 25 heavy (non-hydrogen) atoms. The number of hydrogen-bond acceptors (Lipinski definition) is 5. The quantitative estimate of drug-likeness (QED) is 0.632. The van der Waals surface area contributed by atoms with Crippen molar-refractivity contribution >= 4 is 29.5 Å². The molecule has 0 saturated heterocycles. The summed E-state index contributed by atoms with van der Waals surface area (Å²) < 4.78 is 0. The van der Waals surface area contributed by atoms with Crippen LogP contribution in [-0.4, -0.2) is 32.9 Å². The molecule has 128 valence electrons. The first-order valence-corrected chi connectivity index (χ1v) is 8.49. The number of carbonyl (C=O) groups excluding carboxylic acids is 2. The molecule has 7 heteroatoms. The number of carbonyl (C=O) groups is 3. The van der Waals surface area contributed by atoms with E-state index < -0.39 is 22.7 Å². The molecule has 2 amide bonds. The number of imide groups is 1. The average Bonchev–Trinajstić information content (AvgIpc) is 2.86. The van der Waals surface area contributed by atoms with Crippen LogP contribution < -0.4 is 0 Å². The first-order valence-electron chi connectivity index (χ1n) is 7.50. The van der Waals surface area contributed by atoms with Crippen molar-refractivity contribution in [2.75, 3.05) is 0 Å². The minimum Gasteiger partial charge on any atom is -0.478 e. The predicted molar refractivity (Wildman–Crippen MR) is 91.8 cm³/mol. The minimum absolute atomic E-state index is 0.202. The van der Waals surface area contributed by atoms with Crippen LogP contribution in [0.15, 0.2) is 54.6 Å². The van der Waals surface area contributed by atoms with E-state index >= 15 is 0 Å². The number of rotatable bonds is 6. The smallest absolute Gasteiger partial charge is 0.349 e. The summed E-state index contributed by atoms with van der Waals surface area (Å²) >= 11 is 0.987. The normalized spacial score (nSPS) is 15.8. The maximum Gasteiger partial charge on any atom is 0.349 e. The molecule has 1 heterocycles. The summed E-state index contributed by atoms with van der Waals surface area (Å²) in [5, 5.41) is 10.1. The van der Waals surface area contributed by atoms with E-state index in [2.05, 4.69) is 0 Å². The third-order valence-electron chi connectivity index (χ3n) is 3.77. The van der Waals surface area contributed by atoms with Gasteiger partial charge in [0.2, 0.25) is 4.93 Å². The van der Waals surface area contributed by atoms with E-state index in [1.165, 1.54) is 19.1 Å². The number of fused-ring (bicyclic) bond motifs is 1. The van der Waals surface area contributed by atoms with E-state index in [9.17, 15) is 19.5 Å². The summed E-state index contributed by atoms with van der Waals surface area (Å²) in [4.78, 5) is 40.0. The minimum atomic E-state index is -1.79. The number of nitrogens with zero attached hydrogens (tertiary/aromatic N) is 1. The molecule has 3 rings (SSSR count). The van der Waals surface area contributed by atoms with Gasteiger partial charge in [-0.05, 0) is 24.6 Å². The van der Waals surface area contributed by atoms with E-state index in [-0.39, 0.29) is 11.1 Å². The van der Waals surface area contributed by atoms with Crippen LogP contribution >= 0.6 is 11.8 Å². The second kappa shape index (κ2) is 6.70. The van der Waals surface area contributed by atoms with Gasteiger partial charge in [0, 0.05) is 5.75 Å². The Kier molecular flexibility index (Phi) is 4.61. The van der Waals surface area contributed by atoms with Gasteiger partial charge in [-0.1, -0.05) is 42.5 Å². The maximum absolute atomic E-state index is 12.4. The number of thioether (sulfide) groups is 1. The Bertz CT molecular complexity index is 803. The molecule has 0 radical (unpaired) electrons. The Morgan fingerprint density at radius 3 is 2.08 bits per heavy atom. The van der Waals surface area contributed by atoms with Gasteiger partial charge in [0.1, 0.15) is 0 Å². The fraction of sp³-hybridized carbons (Fsp3) is 0.167. The van der Waals surface area contributed by atoms with Crippen LogP contribution in [0.25, 0.3) is 0 Å². The highest BCUT2D eigenvalue weighted by Crippen LogP contribution is 2.34. The molecular weight excluding hydrogens is 342 g/mol. The Morgan fingerprint density at radius 2 is 1.56 bits per heavy atom. The van der Waals surface area contributed by atoms with Crippen molar-refractivity contribution in [2.45, 2.75) is 17.6 Å². The lowest BCUT2D eigenvalue weighted by molar-refractivity contribution is -0.179. The van der Waals surface area contributed by atoms with Gasteiger partial charge in [-0.25, -0.2) is 9.63 Å². The van der Waals surface area contributed by atoms with Gasteiger partial charge in [-0.3, -0.25) is 9.59 Å². The molecule has 1 aliphatic rings. The van der Waals surface area contributed by atoms with Crippen molar-refractivity contribution in [3.05, 3.63) is 71.3 Å². The van der Waals surface area contributed by atoms with Gasteiger partial charge in [-0.15, -0.1) is 16.8 Å². The van der Waals surface area contributed by atoms with Gasteiger partial charge in [-0.2, -0.15) is 0 Å². The molecule has 0 spiro atoms. The monoisotopic (exact) mass is 357 g/mol. The second-order valence-electron chi connectivity index (χ2n) is 5.57. The van der Waals surface area contributed by atoms with Gasteiger partial charge >= 0.3 is 5.97 Å². The molecule has 0 fully saturated rings. The largest absolute Gasteiger partial charge is 0.478 e. The molecule has 6 nitrogen and oxygen atoms in total. The Hall–Kier alpha value is -2.64. The summed E-state index contributed by atoms with van der Waals surface area (Å²) in [5.41, 5.74) is 1.31. The molecule has 2 aromatic rings. The lowest BCUT2D eigenvalue weighted by Gasteiger charge is -2.27. The van der Waals surface area contributed by atoms with Crippen molar-refractivity contribution in [2.24, 2.45) is 0 Å². The van der Waals surface area contributed by atoms with Crippen LogP contribution in [0.1, 0.15) is 33.2 Å². The number of carboxylic acid groups (broad SMARTS) is 1. The number of benzene rings is 2. The lowest BCUT2D eigenvalue weighted by Crippen LogP contribution is -2.44. The first-order chi connectivity index (χ1) is 11.9. The molecule has 1 aliphatic heterocycles. The van der Waals surface area contributed by atoms with E-state index in [1.54, 1.807) is 12.1 Å². The topological polar surface area (TPSA) is 83.9 Å². The molecule has 2 aromatic carbocycles. The van der Waals surface area contributed by atoms with Crippen LogP contribution in [-0.2, 0) is 15.4 Å². The average molecular weight is 357 g/mol. The summed E-state index contributed by atoms with van der Waals surface area (Å²) in [5.74, 6) is -2.24. The van der Waals surface area contributed by atoms with E-state index in [0.29, 0.717) is 10.8 Å². The fourth-order valence-electron chi connectivity index (χ4n) is 2.35. The number of aliphatic carboxylic acids is 1. The molecule has 1 unspecified atom stereocenters. The maximum atomic E-state index is 12.4. The summed E-state index contributed by atoms with van der Waals surface area (Å²) in [6.07, 6.45) is 0. The third-order valence-corrected chi connectivity index (χ3v) is 5.05. The highest BCUT2D eigenvalue weighted by atomic mass is 32.2. The van der Waals surface area contributed by atoms with Crippen LogP contribution in [0.4, 0.5) is 0 Å². The summed E-state index contributed by atoms with van der Waals surface area (Å²) in [6, 6.07) is 15.6. The molecule has 0 aliphatic carbocycles. The van der Waals surface area contributed by atoms with Crippen molar-refractivity contribution in [1.82, 2.24) is 5.06 Å². The Labute approximate surface area is 148 Å². The zero-order valence-electron chi connectivity index (χ0n) is 13.3. The summed E-state index contributed by atoms with van der Waals surface area (Å²) in [7, 11) is 0. The SMILES string of the molecule is CC(ON1C(=O)c2ccccc2C1=O)(SCc1ccccc1)C(=O)O. The number of carboxylic acids is 1. The second-order valence-corrected chi connectivity index (χ2v) is 6.92. The van der Waals surface area contributed by atoms with Crippen molar-refractivity contribution in [3.63, 3.8) is 0 Å². The Balaban J connectivity index is 1.79. The van der Waals surface area contributed by atoms with E-state index in [1.807, 2.05) is 30.3 Å². The highest BCUT2D eigenvalue weighted by molar-refractivity contribution is 8.00. The van der Waals surface area contributed by atoms with Crippen LogP contribution in [0.3, 0.4) is 0 Å². The van der Waals surface area contributed by atoms with Crippen molar-refractivity contribution in [1.29, 1.82) is 0 Å². The fourth-order valence-corrected chi connectivity index (χ4v) is 3.23. The van der Waals surface area contributed by atoms with Gasteiger partial charge < -0.3 is 5.11 Å². The van der Waals surface area contributed by atoms with Crippen LogP contribution in [0, 0.1) is 0 Å². The lowest BCUT2D eigenvalue weighted by atomic mass is 10.1. The molecule has 0 bridgehead atoms. The molecule has 1 atom stereocenters. The molecular formula is C18H15NO5S. The van der Waals surface area contributed by atoms with E-state index in [4.69, 9.17) is 4.84 Å². The third kappa shape index (κ3) is 3.29. The van der Waals surface area contributed by atoms with E-state index in [0.717, 1.165) is 17.3 Å². The predicted octanol–water partition coefficient (Wildman–Crippen LogP) is 2.95. The van der Waals surface area contributed by atoms with Gasteiger partial charge in [0.05, 0.1) is 11.1 Å². The number of hydrogen-bond donors (Lipinski definition) is 1. The highest BCUT2D eigenvalue weighted by Gasteiger charge is 2.45. The van der Waals surface area contributed by atoms with Gasteiger partial charge in [0.25, 0.3) is 11.8 Å². The van der Waals surface area contributed by atoms with Gasteiger partial charge in [0.15, 0.2) is 0 Å². The zero-order chi connectivity index (χ0) is 18.0. The first kappa shape index (κ1) is 17.2.